The third-order valence-corrected chi connectivity index (χ3v) is 5.32. The van der Waals surface area contributed by atoms with E-state index in [1.165, 1.54) is 0 Å². The molecule has 5 nitrogen and oxygen atoms in total. The number of ether oxygens (including phenoxy) is 2. The Morgan fingerprint density at radius 3 is 2.04 bits per heavy atom. The van der Waals surface area contributed by atoms with Crippen LogP contribution in [0.2, 0.25) is 0 Å². The van der Waals surface area contributed by atoms with Gasteiger partial charge in [-0.2, -0.15) is 0 Å². The smallest absolute Gasteiger partial charge is 0.328 e. The molecule has 1 aromatic carbocycles. The zero-order chi connectivity index (χ0) is 20.9. The van der Waals surface area contributed by atoms with E-state index >= 15 is 0 Å². The van der Waals surface area contributed by atoms with Crippen LogP contribution in [0.15, 0.2) is 29.8 Å². The topological polar surface area (TPSA) is 55.8 Å². The van der Waals surface area contributed by atoms with Gasteiger partial charge < -0.3 is 9.47 Å². The normalized spacial score (nSPS) is 15.4. The fourth-order valence-electron chi connectivity index (χ4n) is 3.88. The minimum absolute atomic E-state index is 0.215. The number of hydrogen-bond donors (Lipinski definition) is 0. The zero-order valence-corrected chi connectivity index (χ0v) is 18.0. The summed E-state index contributed by atoms with van der Waals surface area (Å²) in [5.74, 6) is -1.05. The van der Waals surface area contributed by atoms with Crippen molar-refractivity contribution in [2.24, 2.45) is 5.41 Å². The van der Waals surface area contributed by atoms with Gasteiger partial charge in [-0.3, -0.25) is 14.5 Å². The molecule has 2 rings (SSSR count). The Labute approximate surface area is 168 Å². The van der Waals surface area contributed by atoms with Crippen LogP contribution in [0.3, 0.4) is 0 Å². The Hall–Kier alpha value is -2.14. The maximum atomic E-state index is 13.2. The summed E-state index contributed by atoms with van der Waals surface area (Å²) in [6.07, 6.45) is 2.24. The Balaban J connectivity index is 2.64. The molecular formula is C23H33NO4. The summed E-state index contributed by atoms with van der Waals surface area (Å²) in [6, 6.07) is 8.40. The number of carbonyl (C=O) groups is 2. The van der Waals surface area contributed by atoms with Gasteiger partial charge in [0, 0.05) is 25.0 Å². The second-order valence-electron chi connectivity index (χ2n) is 7.75. The second-order valence-corrected chi connectivity index (χ2v) is 7.75. The average molecular weight is 388 g/mol. The number of rotatable bonds is 8. The number of esters is 2. The molecule has 0 fully saturated rings. The van der Waals surface area contributed by atoms with Crippen LogP contribution < -0.4 is 0 Å². The van der Waals surface area contributed by atoms with E-state index in [0.717, 1.165) is 16.7 Å². The molecule has 154 valence electrons. The molecule has 0 radical (unpaired) electrons. The van der Waals surface area contributed by atoms with Gasteiger partial charge in [-0.15, -0.1) is 0 Å². The molecule has 0 aliphatic heterocycles. The first-order valence-corrected chi connectivity index (χ1v) is 10.2. The molecule has 0 spiro atoms. The minimum Gasteiger partial charge on any atom is -0.465 e. The Morgan fingerprint density at radius 2 is 1.54 bits per heavy atom. The second kappa shape index (κ2) is 9.37. The van der Waals surface area contributed by atoms with E-state index in [1.54, 1.807) is 13.8 Å². The molecule has 0 bridgehead atoms. The highest BCUT2D eigenvalue weighted by Crippen LogP contribution is 2.42. The third-order valence-electron chi connectivity index (χ3n) is 5.32. The van der Waals surface area contributed by atoms with Gasteiger partial charge in [-0.25, -0.2) is 0 Å². The van der Waals surface area contributed by atoms with Crippen molar-refractivity contribution in [3.8, 4) is 0 Å². The Bertz CT molecular complexity index is 710. The summed E-state index contributed by atoms with van der Waals surface area (Å²) < 4.78 is 10.8. The monoisotopic (exact) mass is 387 g/mol. The Kier molecular flexibility index (Phi) is 7.41. The summed E-state index contributed by atoms with van der Waals surface area (Å²) in [5.41, 5.74) is 1.29. The molecule has 0 aromatic heterocycles. The van der Waals surface area contributed by atoms with Gasteiger partial charge in [0.15, 0.2) is 5.41 Å². The SMILES string of the molecule is CCOC(=O)C1(C(=O)OCC)Cc2ccccc2C=C1CN(C(C)C)C(C)C. The molecule has 0 unspecified atom stereocenters. The molecular weight excluding hydrogens is 354 g/mol. The first-order chi connectivity index (χ1) is 13.3. The van der Waals surface area contributed by atoms with Gasteiger partial charge in [-0.1, -0.05) is 30.3 Å². The predicted octanol–water partition coefficient (Wildman–Crippen LogP) is 3.86. The van der Waals surface area contributed by atoms with Crippen molar-refractivity contribution in [3.63, 3.8) is 0 Å². The van der Waals surface area contributed by atoms with Crippen molar-refractivity contribution in [2.75, 3.05) is 19.8 Å². The number of benzene rings is 1. The first-order valence-electron chi connectivity index (χ1n) is 10.2. The Morgan fingerprint density at radius 1 is 1.00 bits per heavy atom. The maximum absolute atomic E-state index is 13.2. The molecule has 1 aliphatic carbocycles. The highest BCUT2D eigenvalue weighted by atomic mass is 16.6. The van der Waals surface area contributed by atoms with Crippen molar-refractivity contribution >= 4 is 18.0 Å². The standard InChI is InChI=1S/C23H33NO4/c1-7-27-21(25)23(22(26)28-8-2)14-19-12-10-9-11-18(19)13-20(23)15-24(16(3)4)17(5)6/h9-13,16-17H,7-8,14-15H2,1-6H3. The summed E-state index contributed by atoms with van der Waals surface area (Å²) in [5, 5.41) is 0. The molecule has 0 saturated heterocycles. The summed E-state index contributed by atoms with van der Waals surface area (Å²) in [7, 11) is 0. The first kappa shape index (κ1) is 22.2. The lowest BCUT2D eigenvalue weighted by Crippen LogP contribution is -2.51. The predicted molar refractivity (Wildman–Crippen MR) is 111 cm³/mol. The van der Waals surface area contributed by atoms with Crippen molar-refractivity contribution < 1.29 is 19.1 Å². The van der Waals surface area contributed by atoms with E-state index < -0.39 is 17.4 Å². The molecule has 0 saturated carbocycles. The molecule has 28 heavy (non-hydrogen) atoms. The van der Waals surface area contributed by atoms with Gasteiger partial charge in [0.1, 0.15) is 0 Å². The average Bonchev–Trinajstić information content (AvgIpc) is 2.64. The molecule has 0 atom stereocenters. The van der Waals surface area contributed by atoms with Crippen LogP contribution >= 0.6 is 0 Å². The van der Waals surface area contributed by atoms with Crippen LogP contribution in [0.1, 0.15) is 52.7 Å². The van der Waals surface area contributed by atoms with Crippen LogP contribution in [-0.2, 0) is 25.5 Å². The number of nitrogens with zero attached hydrogens (tertiary/aromatic N) is 1. The van der Waals surface area contributed by atoms with Gasteiger partial charge in [0.2, 0.25) is 0 Å². The van der Waals surface area contributed by atoms with Crippen LogP contribution in [-0.4, -0.2) is 48.7 Å². The van der Waals surface area contributed by atoms with Gasteiger partial charge in [0.25, 0.3) is 0 Å². The molecule has 1 aliphatic rings. The van der Waals surface area contributed by atoms with E-state index in [-0.39, 0.29) is 31.7 Å². The van der Waals surface area contributed by atoms with Crippen LogP contribution in [0.25, 0.3) is 6.08 Å². The fraction of sp³-hybridized carbons (Fsp3) is 0.565. The summed E-state index contributed by atoms with van der Waals surface area (Å²) in [6.45, 7) is 12.9. The zero-order valence-electron chi connectivity index (χ0n) is 18.0. The summed E-state index contributed by atoms with van der Waals surface area (Å²) >= 11 is 0. The largest absolute Gasteiger partial charge is 0.465 e. The van der Waals surface area contributed by atoms with Crippen molar-refractivity contribution in [2.45, 2.75) is 60.0 Å². The highest BCUT2D eigenvalue weighted by molar-refractivity contribution is 6.06. The lowest BCUT2D eigenvalue weighted by molar-refractivity contribution is -0.169. The molecule has 1 aromatic rings. The number of carbonyl (C=O) groups excluding carboxylic acids is 2. The van der Waals surface area contributed by atoms with Gasteiger partial charge in [-0.05, 0) is 58.2 Å². The molecule has 5 heteroatoms. The lowest BCUT2D eigenvalue weighted by atomic mass is 9.69. The fourth-order valence-corrected chi connectivity index (χ4v) is 3.88. The lowest BCUT2D eigenvalue weighted by Gasteiger charge is -2.39. The van der Waals surface area contributed by atoms with E-state index in [0.29, 0.717) is 6.54 Å². The maximum Gasteiger partial charge on any atom is 0.328 e. The van der Waals surface area contributed by atoms with Crippen LogP contribution in [0.5, 0.6) is 0 Å². The van der Waals surface area contributed by atoms with Crippen LogP contribution in [0.4, 0.5) is 0 Å². The van der Waals surface area contributed by atoms with E-state index in [9.17, 15) is 9.59 Å². The van der Waals surface area contributed by atoms with E-state index in [2.05, 4.69) is 32.6 Å². The van der Waals surface area contributed by atoms with E-state index in [1.807, 2.05) is 30.3 Å². The minimum atomic E-state index is -1.44. The number of hydrogen-bond acceptors (Lipinski definition) is 5. The van der Waals surface area contributed by atoms with Gasteiger partial charge in [0.05, 0.1) is 13.2 Å². The van der Waals surface area contributed by atoms with Crippen molar-refractivity contribution in [1.82, 2.24) is 4.90 Å². The van der Waals surface area contributed by atoms with Crippen molar-refractivity contribution in [3.05, 3.63) is 41.0 Å². The van der Waals surface area contributed by atoms with E-state index in [4.69, 9.17) is 9.47 Å². The molecule has 0 heterocycles. The van der Waals surface area contributed by atoms with Crippen molar-refractivity contribution in [1.29, 1.82) is 0 Å². The third kappa shape index (κ3) is 4.30. The highest BCUT2D eigenvalue weighted by Gasteiger charge is 2.54. The number of fused-ring (bicyclic) bond motifs is 1. The summed E-state index contributed by atoms with van der Waals surface area (Å²) in [4.78, 5) is 28.7. The quantitative estimate of drug-likeness (QED) is 0.501. The molecule has 0 amide bonds. The molecule has 0 N–H and O–H groups in total. The van der Waals surface area contributed by atoms with Gasteiger partial charge >= 0.3 is 11.9 Å². The van der Waals surface area contributed by atoms with Crippen LogP contribution in [0, 0.1) is 5.41 Å².